The maximum atomic E-state index is 4.66. The van der Waals surface area contributed by atoms with E-state index < -0.39 is 0 Å². The molecular formula is C13H13N3S. The van der Waals surface area contributed by atoms with Gasteiger partial charge in [0.15, 0.2) is 5.82 Å². The van der Waals surface area contributed by atoms with Gasteiger partial charge >= 0.3 is 0 Å². The zero-order chi connectivity index (χ0) is 12.3. The summed E-state index contributed by atoms with van der Waals surface area (Å²) in [5.74, 6) is 1.08. The van der Waals surface area contributed by atoms with Gasteiger partial charge in [0.1, 0.15) is 0 Å². The molecule has 2 rings (SSSR count). The fraction of sp³-hybridized carbons (Fsp3) is 0.231. The normalized spacial score (nSPS) is 10.3. The minimum atomic E-state index is 0.360. The van der Waals surface area contributed by atoms with E-state index in [4.69, 9.17) is 0 Å². The Labute approximate surface area is 106 Å². The average molecular weight is 243 g/mol. The van der Waals surface area contributed by atoms with E-state index in [0.717, 1.165) is 17.2 Å². The van der Waals surface area contributed by atoms with Gasteiger partial charge in [0, 0.05) is 6.07 Å². The smallest absolute Gasteiger partial charge is 0.166 e. The van der Waals surface area contributed by atoms with Crippen molar-refractivity contribution in [3.8, 4) is 5.69 Å². The first kappa shape index (κ1) is 11.7. The van der Waals surface area contributed by atoms with Crippen molar-refractivity contribution >= 4 is 23.2 Å². The van der Waals surface area contributed by atoms with Gasteiger partial charge in [-0.3, -0.25) is 0 Å². The topological polar surface area (TPSA) is 30.2 Å². The molecule has 0 spiro atoms. The Morgan fingerprint density at radius 2 is 2.00 bits per heavy atom. The van der Waals surface area contributed by atoms with E-state index in [1.807, 2.05) is 36.4 Å². The van der Waals surface area contributed by atoms with E-state index in [0.29, 0.717) is 5.92 Å². The Bertz CT molecular complexity index is 551. The van der Waals surface area contributed by atoms with Crippen LogP contribution in [0.5, 0.6) is 0 Å². The number of thiocarbonyl (C=S) groups is 1. The van der Waals surface area contributed by atoms with Gasteiger partial charge in [-0.1, -0.05) is 32.0 Å². The van der Waals surface area contributed by atoms with E-state index in [-0.39, 0.29) is 0 Å². The van der Waals surface area contributed by atoms with Gasteiger partial charge < -0.3 is 0 Å². The maximum absolute atomic E-state index is 4.66. The fourth-order valence-corrected chi connectivity index (χ4v) is 1.65. The molecule has 4 heteroatoms. The lowest BCUT2D eigenvalue weighted by molar-refractivity contribution is 0.769. The lowest BCUT2D eigenvalue weighted by Gasteiger charge is -2.02. The molecule has 0 aliphatic carbocycles. The number of hydrogen-bond acceptors (Lipinski definition) is 3. The van der Waals surface area contributed by atoms with Gasteiger partial charge in [-0.2, -0.15) is 10.1 Å². The summed E-state index contributed by atoms with van der Waals surface area (Å²) in [4.78, 5) is 4.05. The molecule has 0 amide bonds. The highest BCUT2D eigenvalue weighted by Crippen LogP contribution is 2.23. The number of hydrogen-bond donors (Lipinski definition) is 0. The first-order valence-corrected chi connectivity index (χ1v) is 5.86. The van der Waals surface area contributed by atoms with Crippen molar-refractivity contribution in [3.63, 3.8) is 0 Å². The highest BCUT2D eigenvalue weighted by atomic mass is 32.1. The van der Waals surface area contributed by atoms with Gasteiger partial charge in [-0.25, -0.2) is 4.68 Å². The Hall–Kier alpha value is -1.77. The number of nitrogens with zero attached hydrogens (tertiary/aromatic N) is 3. The second-order valence-corrected chi connectivity index (χ2v) is 4.22. The molecule has 17 heavy (non-hydrogen) atoms. The lowest BCUT2D eigenvalue weighted by atomic mass is 10.1. The molecule has 1 aromatic carbocycles. The van der Waals surface area contributed by atoms with E-state index in [9.17, 15) is 0 Å². The van der Waals surface area contributed by atoms with Gasteiger partial charge in [-0.15, -0.1) is 0 Å². The molecule has 0 aliphatic rings. The van der Waals surface area contributed by atoms with Crippen LogP contribution in [-0.4, -0.2) is 14.9 Å². The highest BCUT2D eigenvalue weighted by Gasteiger charge is 2.10. The Kier molecular flexibility index (Phi) is 3.47. The van der Waals surface area contributed by atoms with E-state index in [2.05, 4.69) is 41.3 Å². The first-order valence-electron chi connectivity index (χ1n) is 5.45. The SMILES string of the molecule is CC(C)c1cc(N=C=S)n(-c2ccccc2)n1. The summed E-state index contributed by atoms with van der Waals surface area (Å²) in [6, 6.07) is 11.8. The summed E-state index contributed by atoms with van der Waals surface area (Å²) in [5.41, 5.74) is 1.97. The molecule has 0 bridgehead atoms. The summed E-state index contributed by atoms with van der Waals surface area (Å²) in [5, 5.41) is 6.93. The number of aromatic nitrogens is 2. The third-order valence-corrected chi connectivity index (χ3v) is 2.55. The Morgan fingerprint density at radius 3 is 2.59 bits per heavy atom. The second-order valence-electron chi connectivity index (χ2n) is 4.03. The van der Waals surface area contributed by atoms with Crippen molar-refractivity contribution < 1.29 is 0 Å². The maximum Gasteiger partial charge on any atom is 0.166 e. The standard InChI is InChI=1S/C13H13N3S/c1-10(2)12-8-13(14-9-17)16(15-12)11-6-4-3-5-7-11/h3-8,10H,1-2H3. The van der Waals surface area contributed by atoms with E-state index >= 15 is 0 Å². The largest absolute Gasteiger partial charge is 0.214 e. The number of aliphatic imine (C=N–C) groups is 1. The van der Waals surface area contributed by atoms with Crippen molar-refractivity contribution in [2.24, 2.45) is 4.99 Å². The predicted octanol–water partition coefficient (Wildman–Crippen LogP) is 3.73. The quantitative estimate of drug-likeness (QED) is 0.607. The number of benzene rings is 1. The number of para-hydroxylation sites is 1. The van der Waals surface area contributed by atoms with Crippen LogP contribution in [-0.2, 0) is 0 Å². The van der Waals surface area contributed by atoms with Gasteiger partial charge in [0.2, 0.25) is 0 Å². The molecule has 0 radical (unpaired) electrons. The molecule has 0 fully saturated rings. The van der Waals surface area contributed by atoms with Crippen molar-refractivity contribution in [1.29, 1.82) is 0 Å². The van der Waals surface area contributed by atoms with Gasteiger partial charge in [-0.05, 0) is 30.3 Å². The summed E-state index contributed by atoms with van der Waals surface area (Å²) in [6.07, 6.45) is 0. The molecule has 86 valence electrons. The zero-order valence-corrected chi connectivity index (χ0v) is 10.6. The minimum absolute atomic E-state index is 0.360. The molecular weight excluding hydrogens is 230 g/mol. The van der Waals surface area contributed by atoms with E-state index in [1.54, 1.807) is 4.68 Å². The summed E-state index contributed by atoms with van der Waals surface area (Å²) >= 11 is 4.66. The van der Waals surface area contributed by atoms with Crippen molar-refractivity contribution in [2.45, 2.75) is 19.8 Å². The number of isothiocyanates is 1. The summed E-state index contributed by atoms with van der Waals surface area (Å²) < 4.78 is 1.79. The third kappa shape index (κ3) is 2.49. The third-order valence-electron chi connectivity index (χ3n) is 2.46. The van der Waals surface area contributed by atoms with Crippen LogP contribution in [0.25, 0.3) is 5.69 Å². The molecule has 0 unspecified atom stereocenters. The predicted molar refractivity (Wildman–Crippen MR) is 72.3 cm³/mol. The second kappa shape index (κ2) is 5.04. The highest BCUT2D eigenvalue weighted by molar-refractivity contribution is 7.78. The average Bonchev–Trinajstić information content (AvgIpc) is 2.75. The summed E-state index contributed by atoms with van der Waals surface area (Å²) in [7, 11) is 0. The molecule has 0 N–H and O–H groups in total. The van der Waals surface area contributed by atoms with Crippen molar-refractivity contribution in [2.75, 3.05) is 0 Å². The monoisotopic (exact) mass is 243 g/mol. The fourth-order valence-electron chi connectivity index (χ4n) is 1.56. The van der Waals surface area contributed by atoms with Crippen LogP contribution in [0.3, 0.4) is 0 Å². The van der Waals surface area contributed by atoms with Crippen LogP contribution in [0.15, 0.2) is 41.4 Å². The lowest BCUT2D eigenvalue weighted by Crippen LogP contribution is -1.97. The van der Waals surface area contributed by atoms with Crippen LogP contribution < -0.4 is 0 Å². The Balaban J connectivity index is 2.56. The van der Waals surface area contributed by atoms with Crippen molar-refractivity contribution in [1.82, 2.24) is 9.78 Å². The molecule has 0 saturated carbocycles. The molecule has 1 aromatic heterocycles. The van der Waals surface area contributed by atoms with E-state index in [1.165, 1.54) is 0 Å². The van der Waals surface area contributed by atoms with Crippen LogP contribution in [0.1, 0.15) is 25.5 Å². The molecule has 1 heterocycles. The van der Waals surface area contributed by atoms with Gasteiger partial charge in [0.25, 0.3) is 0 Å². The minimum Gasteiger partial charge on any atom is -0.214 e. The van der Waals surface area contributed by atoms with Crippen LogP contribution >= 0.6 is 12.2 Å². The van der Waals surface area contributed by atoms with Crippen molar-refractivity contribution in [3.05, 3.63) is 42.1 Å². The zero-order valence-electron chi connectivity index (χ0n) is 9.79. The van der Waals surface area contributed by atoms with Gasteiger partial charge in [0.05, 0.1) is 16.5 Å². The Morgan fingerprint density at radius 1 is 1.29 bits per heavy atom. The van der Waals surface area contributed by atoms with Crippen LogP contribution in [0.2, 0.25) is 0 Å². The molecule has 0 saturated heterocycles. The number of rotatable bonds is 3. The first-order chi connectivity index (χ1) is 8.22. The molecule has 0 atom stereocenters. The molecule has 0 aliphatic heterocycles. The molecule has 3 nitrogen and oxygen atoms in total. The van der Waals surface area contributed by atoms with Crippen LogP contribution in [0, 0.1) is 0 Å². The van der Waals surface area contributed by atoms with Crippen LogP contribution in [0.4, 0.5) is 5.82 Å². The molecule has 2 aromatic rings. The summed E-state index contributed by atoms with van der Waals surface area (Å²) in [6.45, 7) is 4.20.